The summed E-state index contributed by atoms with van der Waals surface area (Å²) in [5.41, 5.74) is -0.380. The first-order chi connectivity index (χ1) is 8.93. The van der Waals surface area contributed by atoms with E-state index in [9.17, 15) is 14.5 Å². The molecule has 7 heteroatoms. The van der Waals surface area contributed by atoms with Gasteiger partial charge in [-0.3, -0.25) is 10.1 Å². The van der Waals surface area contributed by atoms with Crippen LogP contribution in [-0.4, -0.2) is 4.92 Å². The largest absolute Gasteiger partial charge is 0.305 e. The zero-order valence-corrected chi connectivity index (χ0v) is 11.4. The number of benzene rings is 2. The molecule has 0 bridgehead atoms. The molecular weight excluding hydrogens is 315 g/mol. The zero-order valence-electron chi connectivity index (χ0n) is 9.16. The van der Waals surface area contributed by atoms with Crippen LogP contribution >= 0.6 is 34.8 Å². The molecule has 0 saturated heterocycles. The van der Waals surface area contributed by atoms with Crippen molar-refractivity contribution in [3.63, 3.8) is 0 Å². The van der Waals surface area contributed by atoms with Crippen LogP contribution in [0.1, 0.15) is 0 Å². The molecule has 2 aromatic carbocycles. The summed E-state index contributed by atoms with van der Waals surface area (Å²) in [5, 5.41) is 11.0. The summed E-state index contributed by atoms with van der Waals surface area (Å²) in [6.45, 7) is 0. The second-order valence-electron chi connectivity index (χ2n) is 3.62. The van der Waals surface area contributed by atoms with Crippen molar-refractivity contribution in [1.82, 2.24) is 0 Å². The minimum Gasteiger partial charge on any atom is -0.258 e. The van der Waals surface area contributed by atoms with Crippen LogP contribution in [0.15, 0.2) is 30.3 Å². The van der Waals surface area contributed by atoms with Gasteiger partial charge in [0, 0.05) is 17.2 Å². The van der Waals surface area contributed by atoms with Gasteiger partial charge in [0.25, 0.3) is 0 Å². The van der Waals surface area contributed by atoms with Crippen LogP contribution in [0.25, 0.3) is 11.1 Å². The topological polar surface area (TPSA) is 43.1 Å². The van der Waals surface area contributed by atoms with Gasteiger partial charge in [-0.05, 0) is 6.07 Å². The molecule has 0 spiro atoms. The quantitative estimate of drug-likeness (QED) is 0.424. The third-order valence-corrected chi connectivity index (χ3v) is 3.79. The monoisotopic (exact) mass is 319 g/mol. The van der Waals surface area contributed by atoms with Gasteiger partial charge in [0.1, 0.15) is 0 Å². The second kappa shape index (κ2) is 5.33. The normalized spacial score (nSPS) is 10.5. The summed E-state index contributed by atoms with van der Waals surface area (Å²) in [6.07, 6.45) is 0. The van der Waals surface area contributed by atoms with E-state index in [2.05, 4.69) is 0 Å². The second-order valence-corrected chi connectivity index (χ2v) is 4.78. The molecule has 0 aromatic heterocycles. The van der Waals surface area contributed by atoms with Crippen molar-refractivity contribution in [2.24, 2.45) is 0 Å². The van der Waals surface area contributed by atoms with E-state index in [1.54, 1.807) is 0 Å². The number of nitro benzene ring substituents is 1. The fraction of sp³-hybridized carbons (Fsp3) is 0. The molecule has 0 atom stereocenters. The molecule has 0 saturated carbocycles. The van der Waals surface area contributed by atoms with Crippen molar-refractivity contribution < 1.29 is 9.31 Å². The lowest BCUT2D eigenvalue weighted by molar-refractivity contribution is -0.387. The summed E-state index contributed by atoms with van der Waals surface area (Å²) in [5.74, 6) is -0.965. The van der Waals surface area contributed by atoms with Gasteiger partial charge in [-0.25, -0.2) is 0 Å². The molecule has 0 radical (unpaired) electrons. The molecule has 2 rings (SSSR count). The minimum atomic E-state index is -0.965. The number of nitro groups is 1. The molecule has 0 fully saturated rings. The standard InChI is InChI=1S/C12H5Cl3FNO2/c13-8-5-4-6(10(14)11(8)15)7-2-1-3-9(12(7)16)17(18)19/h1-5H. The first kappa shape index (κ1) is 14.1. The SMILES string of the molecule is O=[N+]([O-])c1cccc(-c2ccc(Cl)c(Cl)c2Cl)c1F. The highest BCUT2D eigenvalue weighted by Gasteiger charge is 2.20. The van der Waals surface area contributed by atoms with E-state index in [1.165, 1.54) is 24.3 Å². The minimum absolute atomic E-state index is 0.00207. The first-order valence-corrected chi connectivity index (χ1v) is 6.13. The molecule has 0 unspecified atom stereocenters. The van der Waals surface area contributed by atoms with Crippen LogP contribution in [0.2, 0.25) is 15.1 Å². The molecule has 2 aromatic rings. The third-order valence-electron chi connectivity index (χ3n) is 2.50. The maximum atomic E-state index is 14.0. The van der Waals surface area contributed by atoms with E-state index in [4.69, 9.17) is 34.8 Å². The van der Waals surface area contributed by atoms with Gasteiger partial charge in [-0.15, -0.1) is 0 Å². The lowest BCUT2D eigenvalue weighted by Crippen LogP contribution is -1.95. The number of hydrogen-bond donors (Lipinski definition) is 0. The van der Waals surface area contributed by atoms with Gasteiger partial charge in [0.15, 0.2) is 0 Å². The Hall–Kier alpha value is -1.36. The van der Waals surface area contributed by atoms with E-state index in [1.807, 2.05) is 0 Å². The molecule has 0 heterocycles. The summed E-state index contributed by atoms with van der Waals surface area (Å²) >= 11 is 17.6. The summed E-state index contributed by atoms with van der Waals surface area (Å²) < 4.78 is 14.0. The average molecular weight is 321 g/mol. The predicted molar refractivity (Wildman–Crippen MR) is 73.5 cm³/mol. The zero-order chi connectivity index (χ0) is 14.2. The summed E-state index contributed by atoms with van der Waals surface area (Å²) in [4.78, 5) is 9.90. The Bertz CT molecular complexity index is 676. The smallest absolute Gasteiger partial charge is 0.258 e. The molecule has 0 aliphatic carbocycles. The average Bonchev–Trinajstić information content (AvgIpc) is 2.37. The van der Waals surface area contributed by atoms with Gasteiger partial charge in [-0.2, -0.15) is 4.39 Å². The van der Waals surface area contributed by atoms with Crippen molar-refractivity contribution in [3.8, 4) is 11.1 Å². The fourth-order valence-corrected chi connectivity index (χ4v) is 2.24. The van der Waals surface area contributed by atoms with Crippen LogP contribution in [0, 0.1) is 15.9 Å². The Kier molecular flexibility index (Phi) is 3.94. The number of nitrogens with zero attached hydrogens (tertiary/aromatic N) is 1. The van der Waals surface area contributed by atoms with Gasteiger partial charge < -0.3 is 0 Å². The molecule has 0 N–H and O–H groups in total. The number of hydrogen-bond acceptors (Lipinski definition) is 2. The van der Waals surface area contributed by atoms with Crippen molar-refractivity contribution in [2.75, 3.05) is 0 Å². The lowest BCUT2D eigenvalue weighted by atomic mass is 10.0. The Morgan fingerprint density at radius 2 is 1.68 bits per heavy atom. The van der Waals surface area contributed by atoms with Crippen LogP contribution in [-0.2, 0) is 0 Å². The Balaban J connectivity index is 2.70. The van der Waals surface area contributed by atoms with Gasteiger partial charge in [-0.1, -0.05) is 53.0 Å². The Morgan fingerprint density at radius 3 is 2.32 bits per heavy atom. The highest BCUT2D eigenvalue weighted by atomic mass is 35.5. The van der Waals surface area contributed by atoms with Crippen LogP contribution in [0.3, 0.4) is 0 Å². The molecule has 0 aliphatic heterocycles. The fourth-order valence-electron chi connectivity index (χ4n) is 1.60. The molecule has 19 heavy (non-hydrogen) atoms. The van der Waals surface area contributed by atoms with Crippen molar-refractivity contribution in [3.05, 3.63) is 61.3 Å². The van der Waals surface area contributed by atoms with E-state index in [0.717, 1.165) is 6.07 Å². The van der Waals surface area contributed by atoms with Crippen LogP contribution in [0.5, 0.6) is 0 Å². The molecule has 98 valence electrons. The van der Waals surface area contributed by atoms with Gasteiger partial charge in [0.05, 0.1) is 20.0 Å². The van der Waals surface area contributed by atoms with E-state index >= 15 is 0 Å². The van der Waals surface area contributed by atoms with E-state index in [-0.39, 0.29) is 26.2 Å². The number of halogens is 4. The predicted octanol–water partition coefficient (Wildman–Crippen LogP) is 5.36. The third kappa shape index (κ3) is 2.52. The van der Waals surface area contributed by atoms with E-state index < -0.39 is 16.4 Å². The van der Waals surface area contributed by atoms with Gasteiger partial charge in [0.2, 0.25) is 5.82 Å². The maximum Gasteiger partial charge on any atom is 0.305 e. The van der Waals surface area contributed by atoms with Crippen molar-refractivity contribution in [1.29, 1.82) is 0 Å². The van der Waals surface area contributed by atoms with Crippen molar-refractivity contribution >= 4 is 40.5 Å². The van der Waals surface area contributed by atoms with Gasteiger partial charge >= 0.3 is 5.69 Å². The van der Waals surface area contributed by atoms with E-state index in [0.29, 0.717) is 0 Å². The Morgan fingerprint density at radius 1 is 1.00 bits per heavy atom. The highest BCUT2D eigenvalue weighted by Crippen LogP contribution is 2.40. The van der Waals surface area contributed by atoms with Crippen molar-refractivity contribution in [2.45, 2.75) is 0 Å². The van der Waals surface area contributed by atoms with Crippen LogP contribution in [0.4, 0.5) is 10.1 Å². The molecule has 0 amide bonds. The summed E-state index contributed by atoms with van der Waals surface area (Å²) in [7, 11) is 0. The first-order valence-electron chi connectivity index (χ1n) is 5.00. The molecular formula is C12H5Cl3FNO2. The van der Waals surface area contributed by atoms with Crippen LogP contribution < -0.4 is 0 Å². The number of rotatable bonds is 2. The lowest BCUT2D eigenvalue weighted by Gasteiger charge is -2.08. The summed E-state index contributed by atoms with van der Waals surface area (Å²) in [6, 6.07) is 6.73. The molecule has 0 aliphatic rings. The highest BCUT2D eigenvalue weighted by molar-refractivity contribution is 6.49. The Labute approximate surface area is 122 Å². The maximum absolute atomic E-state index is 14.0. The molecule has 3 nitrogen and oxygen atoms in total.